The van der Waals surface area contributed by atoms with E-state index in [0.29, 0.717) is 12.1 Å². The number of nitrogens with one attached hydrogen (secondary N) is 1. The zero-order valence-electron chi connectivity index (χ0n) is 5.71. The van der Waals surface area contributed by atoms with Crippen molar-refractivity contribution in [2.75, 3.05) is 0 Å². The van der Waals surface area contributed by atoms with Gasteiger partial charge in [-0.2, -0.15) is 0 Å². The summed E-state index contributed by atoms with van der Waals surface area (Å²) in [6.07, 6.45) is 3.68. The largest absolute Gasteiger partial charge is 0.338 e. The van der Waals surface area contributed by atoms with Gasteiger partial charge < -0.3 is 10.3 Å². The average molecular weight is 138 g/mol. The maximum atomic E-state index is 10.4. The van der Waals surface area contributed by atoms with Crippen LogP contribution in [0, 0.1) is 5.41 Å². The smallest absolute Gasteiger partial charge is 0.210 e. The molecule has 3 rings (SSSR count). The summed E-state index contributed by atoms with van der Waals surface area (Å²) >= 11 is 0. The Balaban J connectivity index is 2.09. The van der Waals surface area contributed by atoms with Gasteiger partial charge in [-0.15, -0.1) is 0 Å². The van der Waals surface area contributed by atoms with E-state index >= 15 is 0 Å². The Morgan fingerprint density at radius 3 is 2.60 bits per heavy atom. The third kappa shape index (κ3) is 0.602. The van der Waals surface area contributed by atoms with Gasteiger partial charge in [-0.25, -0.2) is 0 Å². The first-order valence-electron chi connectivity index (χ1n) is 3.60. The highest BCUT2D eigenvalue weighted by molar-refractivity contribution is 5.85. The molecule has 3 aliphatic rings. The minimum Gasteiger partial charge on any atom is -0.338 e. The van der Waals surface area contributed by atoms with Gasteiger partial charge in [-0.05, 0) is 6.42 Å². The molecule has 1 N–H and O–H groups in total. The summed E-state index contributed by atoms with van der Waals surface area (Å²) in [4.78, 5) is 12.2. The van der Waals surface area contributed by atoms with Gasteiger partial charge in [-0.1, -0.05) is 0 Å². The molecule has 0 aromatic rings. The molecule has 1 saturated carbocycles. The first-order chi connectivity index (χ1) is 4.81. The molecule has 3 nitrogen and oxygen atoms in total. The van der Waals surface area contributed by atoms with Crippen molar-refractivity contribution in [1.29, 1.82) is 5.41 Å². The van der Waals surface area contributed by atoms with Crippen molar-refractivity contribution >= 4 is 12.1 Å². The van der Waals surface area contributed by atoms with Gasteiger partial charge in [0.2, 0.25) is 6.41 Å². The van der Waals surface area contributed by atoms with Crippen molar-refractivity contribution in [1.82, 2.24) is 4.90 Å². The summed E-state index contributed by atoms with van der Waals surface area (Å²) in [6, 6.07) is 0.757. The maximum absolute atomic E-state index is 10.4. The Kier molecular flexibility index (Phi) is 1.07. The fraction of sp³-hybridized carbons (Fsp3) is 0.714. The second-order valence-corrected chi connectivity index (χ2v) is 3.11. The summed E-state index contributed by atoms with van der Waals surface area (Å²) < 4.78 is 0. The SMILES string of the molecule is N=C1CC2C[C@H](C1)N2C=O. The topological polar surface area (TPSA) is 44.2 Å². The lowest BCUT2D eigenvalue weighted by Crippen LogP contribution is -2.60. The lowest BCUT2D eigenvalue weighted by atomic mass is 9.79. The lowest BCUT2D eigenvalue weighted by molar-refractivity contribution is -0.130. The molecular weight excluding hydrogens is 128 g/mol. The van der Waals surface area contributed by atoms with Crippen LogP contribution in [0.2, 0.25) is 0 Å². The van der Waals surface area contributed by atoms with Crippen LogP contribution in [0.1, 0.15) is 19.3 Å². The van der Waals surface area contributed by atoms with Gasteiger partial charge in [0.25, 0.3) is 0 Å². The fourth-order valence-corrected chi connectivity index (χ4v) is 1.92. The predicted octanol–water partition coefficient (Wildman–Crippen LogP) is 0.399. The molecule has 54 valence electrons. The standard InChI is InChI=1S/C7H10N2O/c8-5-1-6-3-7(2-5)9(6)4-10/h4,6-8H,1-3H2/t6-,7?/m0/s1. The number of hydrogen-bond acceptors (Lipinski definition) is 2. The molecule has 2 aliphatic heterocycles. The monoisotopic (exact) mass is 138 g/mol. The van der Waals surface area contributed by atoms with Crippen molar-refractivity contribution in [3.63, 3.8) is 0 Å². The van der Waals surface area contributed by atoms with E-state index in [4.69, 9.17) is 5.41 Å². The van der Waals surface area contributed by atoms with Crippen LogP contribution in [0.25, 0.3) is 0 Å². The first kappa shape index (κ1) is 5.89. The molecule has 2 saturated heterocycles. The number of carbonyl (C=O) groups is 1. The summed E-state index contributed by atoms with van der Waals surface area (Å²) in [5, 5.41) is 7.37. The molecule has 3 fully saturated rings. The molecular formula is C7H10N2O. The third-order valence-corrected chi connectivity index (χ3v) is 2.47. The van der Waals surface area contributed by atoms with Crippen LogP contribution < -0.4 is 0 Å². The number of carbonyl (C=O) groups excluding carboxylic acids is 1. The van der Waals surface area contributed by atoms with Crippen molar-refractivity contribution in [2.24, 2.45) is 0 Å². The molecule has 10 heavy (non-hydrogen) atoms. The van der Waals surface area contributed by atoms with Crippen molar-refractivity contribution in [3.05, 3.63) is 0 Å². The van der Waals surface area contributed by atoms with Crippen LogP contribution in [-0.4, -0.2) is 29.1 Å². The van der Waals surface area contributed by atoms with Gasteiger partial charge in [0.05, 0.1) is 0 Å². The zero-order chi connectivity index (χ0) is 7.14. The zero-order valence-corrected chi connectivity index (χ0v) is 5.71. The van der Waals surface area contributed by atoms with Crippen LogP contribution in [0.5, 0.6) is 0 Å². The molecule has 0 radical (unpaired) electrons. The van der Waals surface area contributed by atoms with Crippen LogP contribution in [0.3, 0.4) is 0 Å². The van der Waals surface area contributed by atoms with E-state index < -0.39 is 0 Å². The number of hydrogen-bond donors (Lipinski definition) is 1. The van der Waals surface area contributed by atoms with E-state index in [0.717, 1.165) is 31.4 Å². The second-order valence-electron chi connectivity index (χ2n) is 3.11. The van der Waals surface area contributed by atoms with E-state index in [1.807, 2.05) is 4.90 Å². The van der Waals surface area contributed by atoms with Gasteiger partial charge in [0.15, 0.2) is 0 Å². The van der Waals surface area contributed by atoms with Crippen LogP contribution in [0.4, 0.5) is 0 Å². The molecule has 0 aromatic heterocycles. The highest BCUT2D eigenvalue weighted by Gasteiger charge is 2.42. The normalized spacial score (nSPS) is 37.2. The van der Waals surface area contributed by atoms with Crippen LogP contribution >= 0.6 is 0 Å². The molecule has 1 aliphatic carbocycles. The first-order valence-corrected chi connectivity index (χ1v) is 3.60. The molecule has 2 bridgehead atoms. The van der Waals surface area contributed by atoms with Crippen molar-refractivity contribution in [3.8, 4) is 0 Å². The number of piperidine rings is 1. The highest BCUT2D eigenvalue weighted by atomic mass is 16.1. The third-order valence-electron chi connectivity index (χ3n) is 2.47. The van der Waals surface area contributed by atoms with E-state index in [9.17, 15) is 4.79 Å². The Hall–Kier alpha value is -0.860. The second kappa shape index (κ2) is 1.81. The number of nitrogens with zero attached hydrogens (tertiary/aromatic N) is 1. The van der Waals surface area contributed by atoms with Crippen molar-refractivity contribution < 1.29 is 4.79 Å². The Morgan fingerprint density at radius 1 is 1.50 bits per heavy atom. The van der Waals surface area contributed by atoms with E-state index in [1.165, 1.54) is 0 Å². The van der Waals surface area contributed by atoms with E-state index in [1.54, 1.807) is 0 Å². The molecule has 3 heteroatoms. The maximum Gasteiger partial charge on any atom is 0.210 e. The summed E-state index contributed by atoms with van der Waals surface area (Å²) in [5.41, 5.74) is 0.819. The van der Waals surface area contributed by atoms with Gasteiger partial charge in [0, 0.05) is 30.6 Å². The Labute approximate surface area is 59.5 Å². The van der Waals surface area contributed by atoms with Crippen LogP contribution in [-0.2, 0) is 4.79 Å². The number of rotatable bonds is 1. The predicted molar refractivity (Wildman–Crippen MR) is 37.1 cm³/mol. The minimum atomic E-state index is 0.378. The Morgan fingerprint density at radius 2 is 2.10 bits per heavy atom. The van der Waals surface area contributed by atoms with Crippen molar-refractivity contribution in [2.45, 2.75) is 31.3 Å². The molecule has 0 aromatic carbocycles. The summed E-state index contributed by atoms with van der Waals surface area (Å²) in [7, 11) is 0. The van der Waals surface area contributed by atoms with Gasteiger partial charge in [0.1, 0.15) is 0 Å². The van der Waals surface area contributed by atoms with Gasteiger partial charge in [-0.3, -0.25) is 4.79 Å². The van der Waals surface area contributed by atoms with Gasteiger partial charge >= 0.3 is 0 Å². The average Bonchev–Trinajstić information content (AvgIpc) is 1.87. The number of fused-ring (bicyclic) bond motifs is 2. The molecule has 1 unspecified atom stereocenters. The summed E-state index contributed by atoms with van der Waals surface area (Å²) in [6.45, 7) is 0. The molecule has 2 heterocycles. The molecule has 0 spiro atoms. The lowest BCUT2D eigenvalue weighted by Gasteiger charge is -2.50. The highest BCUT2D eigenvalue weighted by Crippen LogP contribution is 2.34. The Bertz CT molecular complexity index is 176. The molecule has 1 amide bonds. The molecule has 2 atom stereocenters. The summed E-state index contributed by atoms with van der Waals surface area (Å²) in [5.74, 6) is 0. The fourth-order valence-electron chi connectivity index (χ4n) is 1.92. The number of amides is 1. The van der Waals surface area contributed by atoms with E-state index in [2.05, 4.69) is 0 Å². The van der Waals surface area contributed by atoms with Crippen LogP contribution in [0.15, 0.2) is 0 Å². The minimum absolute atomic E-state index is 0.378. The quantitative estimate of drug-likeness (QED) is 0.524. The van der Waals surface area contributed by atoms with E-state index in [-0.39, 0.29) is 0 Å².